The topological polar surface area (TPSA) is 119 Å². The fraction of sp³-hybridized carbons (Fsp3) is 0.556. The van der Waals surface area contributed by atoms with Crippen LogP contribution in [0.5, 0.6) is 0 Å². The second-order valence-electron chi connectivity index (χ2n) is 6.51. The van der Waals surface area contributed by atoms with Crippen LogP contribution in [0.25, 0.3) is 0 Å². The summed E-state index contributed by atoms with van der Waals surface area (Å²) in [5.41, 5.74) is -0.731. The van der Waals surface area contributed by atoms with Crippen LogP contribution in [0, 0.1) is 16.0 Å². The van der Waals surface area contributed by atoms with E-state index in [9.17, 15) is 19.7 Å². The minimum Gasteiger partial charge on any atom is -0.478 e. The average Bonchev–Trinajstić information content (AvgIpc) is 2.62. The van der Waals surface area contributed by atoms with Crippen LogP contribution >= 0.6 is 0 Å². The third-order valence-corrected chi connectivity index (χ3v) is 4.86. The number of nitro groups is 1. The van der Waals surface area contributed by atoms with Gasteiger partial charge in [0.2, 0.25) is 0 Å². The second-order valence-corrected chi connectivity index (χ2v) is 6.51. The van der Waals surface area contributed by atoms with Crippen LogP contribution in [-0.4, -0.2) is 40.7 Å². The first-order valence-electron chi connectivity index (χ1n) is 8.80. The summed E-state index contributed by atoms with van der Waals surface area (Å²) in [7, 11) is 0. The van der Waals surface area contributed by atoms with Crippen molar-refractivity contribution in [3.05, 3.63) is 39.4 Å². The van der Waals surface area contributed by atoms with Gasteiger partial charge >= 0.3 is 5.97 Å². The number of hydrogen-bond donors (Lipinski definition) is 2. The van der Waals surface area contributed by atoms with E-state index in [2.05, 4.69) is 19.2 Å². The van der Waals surface area contributed by atoms with Gasteiger partial charge in [-0.2, -0.15) is 0 Å². The number of carboxylic acid groups (broad SMARTS) is 1. The van der Waals surface area contributed by atoms with Crippen LogP contribution < -0.4 is 5.32 Å². The van der Waals surface area contributed by atoms with E-state index in [4.69, 9.17) is 9.84 Å². The molecule has 0 aromatic heterocycles. The number of aromatic carboxylic acids is 1. The normalized spacial score (nSPS) is 20.0. The van der Waals surface area contributed by atoms with Crippen molar-refractivity contribution < 1.29 is 24.4 Å². The van der Waals surface area contributed by atoms with Crippen LogP contribution in [0.2, 0.25) is 0 Å². The van der Waals surface area contributed by atoms with Gasteiger partial charge in [0.1, 0.15) is 0 Å². The molecule has 0 spiro atoms. The summed E-state index contributed by atoms with van der Waals surface area (Å²) in [5, 5.41) is 23.0. The highest BCUT2D eigenvalue weighted by Gasteiger charge is 2.29. The molecule has 1 fully saturated rings. The zero-order valence-electron chi connectivity index (χ0n) is 14.9. The summed E-state index contributed by atoms with van der Waals surface area (Å²) in [4.78, 5) is 33.9. The van der Waals surface area contributed by atoms with E-state index in [-0.39, 0.29) is 23.3 Å². The first-order chi connectivity index (χ1) is 12.3. The predicted octanol–water partition coefficient (Wildman–Crippen LogP) is 3.01. The first kappa shape index (κ1) is 19.8. The lowest BCUT2D eigenvalue weighted by molar-refractivity contribution is -0.384. The lowest BCUT2D eigenvalue weighted by atomic mass is 9.89. The molecule has 1 aromatic carbocycles. The van der Waals surface area contributed by atoms with E-state index in [1.54, 1.807) is 0 Å². The molecule has 0 bridgehead atoms. The quantitative estimate of drug-likeness (QED) is 0.567. The maximum absolute atomic E-state index is 12.5. The molecule has 1 amide bonds. The number of carboxylic acids is 1. The number of nitrogens with zero attached hydrogens (tertiary/aromatic N) is 1. The third kappa shape index (κ3) is 4.78. The second kappa shape index (κ2) is 8.75. The van der Waals surface area contributed by atoms with Crippen molar-refractivity contribution in [3.8, 4) is 0 Å². The number of benzene rings is 1. The molecule has 8 heteroatoms. The van der Waals surface area contributed by atoms with Gasteiger partial charge in [-0.25, -0.2) is 4.79 Å². The predicted molar refractivity (Wildman–Crippen MR) is 94.4 cm³/mol. The van der Waals surface area contributed by atoms with Gasteiger partial charge < -0.3 is 15.2 Å². The summed E-state index contributed by atoms with van der Waals surface area (Å²) in [6.45, 7) is 4.76. The van der Waals surface area contributed by atoms with E-state index in [0.717, 1.165) is 31.0 Å². The van der Waals surface area contributed by atoms with Crippen LogP contribution in [0.4, 0.5) is 5.69 Å². The van der Waals surface area contributed by atoms with Crippen molar-refractivity contribution in [2.24, 2.45) is 5.92 Å². The summed E-state index contributed by atoms with van der Waals surface area (Å²) in [5.74, 6) is -1.40. The van der Waals surface area contributed by atoms with Gasteiger partial charge in [-0.1, -0.05) is 26.7 Å². The Morgan fingerprint density at radius 1 is 1.31 bits per heavy atom. The van der Waals surface area contributed by atoms with Gasteiger partial charge in [0, 0.05) is 30.3 Å². The Hall–Kier alpha value is -2.48. The number of amides is 1. The van der Waals surface area contributed by atoms with Crippen LogP contribution in [0.3, 0.4) is 0 Å². The fourth-order valence-corrected chi connectivity index (χ4v) is 3.34. The number of nitrogens with one attached hydrogen (secondary N) is 1. The number of rotatable bonds is 7. The molecule has 2 unspecified atom stereocenters. The van der Waals surface area contributed by atoms with Gasteiger partial charge in [0.25, 0.3) is 11.6 Å². The highest BCUT2D eigenvalue weighted by atomic mass is 16.6. The highest BCUT2D eigenvalue weighted by molar-refractivity contribution is 5.98. The fourth-order valence-electron chi connectivity index (χ4n) is 3.34. The Bertz CT molecular complexity index is 654. The molecule has 0 radical (unpaired) electrons. The maximum atomic E-state index is 12.5. The minimum atomic E-state index is -1.32. The number of nitro benzene ring substituents is 1. The van der Waals surface area contributed by atoms with Crippen LogP contribution in [0.15, 0.2) is 18.2 Å². The largest absolute Gasteiger partial charge is 0.478 e. The molecular weight excluding hydrogens is 340 g/mol. The van der Waals surface area contributed by atoms with Gasteiger partial charge in [0.15, 0.2) is 0 Å². The molecule has 1 aromatic rings. The minimum absolute atomic E-state index is 0.0258. The molecule has 0 saturated carbocycles. The summed E-state index contributed by atoms with van der Waals surface area (Å²) in [6, 6.07) is 3.09. The molecule has 2 rings (SSSR count). The standard InChI is InChI=1S/C18H24N2O6/c1-3-11(4-2)16-10-14(5-6-26-16)19-17(21)12-7-13(18(22)23)9-15(8-12)20(24)25/h7-9,11,14,16H,3-6,10H2,1-2H3,(H,19,21)(H,22,23). The molecule has 1 saturated heterocycles. The molecule has 26 heavy (non-hydrogen) atoms. The summed E-state index contributed by atoms with van der Waals surface area (Å²) < 4.78 is 5.82. The van der Waals surface area contributed by atoms with Crippen molar-refractivity contribution in [1.29, 1.82) is 0 Å². The molecular formula is C18H24N2O6. The highest BCUT2D eigenvalue weighted by Crippen LogP contribution is 2.25. The SMILES string of the molecule is CCC(CC)C1CC(NC(=O)c2cc(C(=O)O)cc([N+](=O)[O-])c2)CCO1. The van der Waals surface area contributed by atoms with E-state index < -0.39 is 22.5 Å². The zero-order chi connectivity index (χ0) is 19.3. The first-order valence-corrected chi connectivity index (χ1v) is 8.80. The zero-order valence-corrected chi connectivity index (χ0v) is 14.9. The van der Waals surface area contributed by atoms with Crippen molar-refractivity contribution >= 4 is 17.6 Å². The van der Waals surface area contributed by atoms with E-state index >= 15 is 0 Å². The van der Waals surface area contributed by atoms with Gasteiger partial charge in [-0.15, -0.1) is 0 Å². The number of non-ortho nitro benzene ring substituents is 1. The smallest absolute Gasteiger partial charge is 0.335 e. The Morgan fingerprint density at radius 2 is 1.96 bits per heavy atom. The summed E-state index contributed by atoms with van der Waals surface area (Å²) >= 11 is 0. The van der Waals surface area contributed by atoms with Crippen LogP contribution in [0.1, 0.15) is 60.2 Å². The van der Waals surface area contributed by atoms with Crippen molar-refractivity contribution in [2.75, 3.05) is 6.61 Å². The van der Waals surface area contributed by atoms with Crippen molar-refractivity contribution in [3.63, 3.8) is 0 Å². The van der Waals surface area contributed by atoms with Crippen LogP contribution in [-0.2, 0) is 4.74 Å². The number of hydrogen-bond acceptors (Lipinski definition) is 5. The Balaban J connectivity index is 2.14. The third-order valence-electron chi connectivity index (χ3n) is 4.86. The van der Waals surface area contributed by atoms with Gasteiger partial charge in [-0.3, -0.25) is 14.9 Å². The number of carbonyl (C=O) groups excluding carboxylic acids is 1. The molecule has 0 aliphatic carbocycles. The molecule has 1 aliphatic rings. The average molecular weight is 364 g/mol. The molecule has 1 aliphatic heterocycles. The number of carbonyl (C=O) groups is 2. The van der Waals surface area contributed by atoms with Gasteiger partial charge in [-0.05, 0) is 24.8 Å². The number of ether oxygens (including phenoxy) is 1. The monoisotopic (exact) mass is 364 g/mol. The molecule has 2 N–H and O–H groups in total. The van der Waals surface area contributed by atoms with E-state index in [1.165, 1.54) is 0 Å². The molecule has 8 nitrogen and oxygen atoms in total. The van der Waals surface area contributed by atoms with Crippen molar-refractivity contribution in [1.82, 2.24) is 5.32 Å². The molecule has 1 heterocycles. The molecule has 2 atom stereocenters. The molecule has 142 valence electrons. The van der Waals surface area contributed by atoms with E-state index in [0.29, 0.717) is 25.4 Å². The summed E-state index contributed by atoms with van der Waals surface area (Å²) in [6.07, 6.45) is 3.40. The van der Waals surface area contributed by atoms with E-state index in [1.807, 2.05) is 0 Å². The lowest BCUT2D eigenvalue weighted by Crippen LogP contribution is -2.44. The van der Waals surface area contributed by atoms with Crippen molar-refractivity contribution in [2.45, 2.75) is 51.7 Å². The lowest BCUT2D eigenvalue weighted by Gasteiger charge is -2.34. The van der Waals surface area contributed by atoms with Gasteiger partial charge in [0.05, 0.1) is 16.6 Å². The Kier molecular flexibility index (Phi) is 6.68. The Morgan fingerprint density at radius 3 is 2.54 bits per heavy atom. The maximum Gasteiger partial charge on any atom is 0.335 e. The Labute approximate surface area is 151 Å².